The van der Waals surface area contributed by atoms with Crippen molar-refractivity contribution >= 4 is 29.3 Å². The van der Waals surface area contributed by atoms with Crippen molar-refractivity contribution in [3.8, 4) is 5.75 Å². The third-order valence-electron chi connectivity index (χ3n) is 2.43. The summed E-state index contributed by atoms with van der Waals surface area (Å²) >= 11 is 1.43. The second-order valence-electron chi connectivity index (χ2n) is 3.96. The average Bonchev–Trinajstić information content (AvgIpc) is 2.39. The largest absolute Gasteiger partial charge is 0.497 e. The van der Waals surface area contributed by atoms with Crippen LogP contribution in [0.5, 0.6) is 5.75 Å². The summed E-state index contributed by atoms with van der Waals surface area (Å²) in [4.78, 5) is 24.7. The maximum atomic E-state index is 11.8. The molecule has 1 N–H and O–H groups in total. The van der Waals surface area contributed by atoms with Gasteiger partial charge in [-0.2, -0.15) is 11.8 Å². The number of anilines is 1. The summed E-state index contributed by atoms with van der Waals surface area (Å²) in [5, 5.41) is 2.72. The van der Waals surface area contributed by atoms with Crippen LogP contribution in [0.2, 0.25) is 0 Å². The van der Waals surface area contributed by atoms with Gasteiger partial charge < -0.3 is 15.0 Å². The van der Waals surface area contributed by atoms with Crippen molar-refractivity contribution in [2.75, 3.05) is 38.0 Å². The Hall–Kier alpha value is -1.69. The Morgan fingerprint density at radius 1 is 1.42 bits per heavy atom. The molecule has 6 heteroatoms. The van der Waals surface area contributed by atoms with E-state index in [2.05, 4.69) is 5.32 Å². The van der Waals surface area contributed by atoms with Crippen LogP contribution in [0.25, 0.3) is 0 Å². The third-order valence-corrected chi connectivity index (χ3v) is 2.96. The fourth-order valence-corrected chi connectivity index (χ4v) is 1.91. The predicted octanol–water partition coefficient (Wildman–Crippen LogP) is 1.46. The Kier molecular flexibility index (Phi) is 6.21. The number of hydrogen-bond acceptors (Lipinski definition) is 4. The minimum atomic E-state index is -0.231. The molecule has 0 fully saturated rings. The van der Waals surface area contributed by atoms with E-state index in [1.54, 1.807) is 38.4 Å². The van der Waals surface area contributed by atoms with Crippen molar-refractivity contribution in [2.24, 2.45) is 0 Å². The fourth-order valence-electron chi connectivity index (χ4n) is 1.44. The highest BCUT2D eigenvalue weighted by Crippen LogP contribution is 2.16. The summed E-state index contributed by atoms with van der Waals surface area (Å²) in [6.45, 7) is 0.0383. The molecule has 2 amide bonds. The molecule has 19 heavy (non-hydrogen) atoms. The molecule has 0 unspecified atom stereocenters. The van der Waals surface area contributed by atoms with Gasteiger partial charge in [-0.3, -0.25) is 9.59 Å². The normalized spacial score (nSPS) is 9.84. The van der Waals surface area contributed by atoms with Crippen molar-refractivity contribution in [1.82, 2.24) is 4.90 Å². The van der Waals surface area contributed by atoms with Crippen LogP contribution in [0.15, 0.2) is 24.3 Å². The number of hydrogen-bond donors (Lipinski definition) is 1. The van der Waals surface area contributed by atoms with Crippen molar-refractivity contribution in [1.29, 1.82) is 0 Å². The molecule has 0 spiro atoms. The number of likely N-dealkylation sites (N-methyl/N-ethyl adjacent to an activating group) is 1. The molecule has 1 aromatic carbocycles. The summed E-state index contributed by atoms with van der Waals surface area (Å²) in [6.07, 6.45) is 1.85. The van der Waals surface area contributed by atoms with Gasteiger partial charge in [0.05, 0.1) is 19.4 Å². The number of thioether (sulfide) groups is 1. The molecule has 5 nitrogen and oxygen atoms in total. The van der Waals surface area contributed by atoms with Crippen LogP contribution in [0.4, 0.5) is 5.69 Å². The van der Waals surface area contributed by atoms with Crippen LogP contribution in [-0.4, -0.2) is 49.4 Å². The van der Waals surface area contributed by atoms with Crippen LogP contribution in [0.3, 0.4) is 0 Å². The summed E-state index contributed by atoms with van der Waals surface area (Å²) < 4.78 is 5.07. The van der Waals surface area contributed by atoms with Crippen LogP contribution < -0.4 is 10.1 Å². The minimum Gasteiger partial charge on any atom is -0.497 e. The zero-order valence-corrected chi connectivity index (χ0v) is 12.1. The molecule has 0 atom stereocenters. The molecule has 0 aliphatic heterocycles. The lowest BCUT2D eigenvalue weighted by Crippen LogP contribution is -2.35. The van der Waals surface area contributed by atoms with Gasteiger partial charge in [0.2, 0.25) is 11.8 Å². The van der Waals surface area contributed by atoms with Crippen molar-refractivity contribution in [3.63, 3.8) is 0 Å². The molecule has 0 aliphatic carbocycles. The Labute approximate surface area is 117 Å². The quantitative estimate of drug-likeness (QED) is 0.858. The smallest absolute Gasteiger partial charge is 0.243 e. The summed E-state index contributed by atoms with van der Waals surface area (Å²) in [5.74, 6) is 0.756. The van der Waals surface area contributed by atoms with Crippen molar-refractivity contribution in [2.45, 2.75) is 0 Å². The molecule has 0 aliphatic rings. The van der Waals surface area contributed by atoms with E-state index < -0.39 is 0 Å². The molecule has 1 rings (SSSR count). The Morgan fingerprint density at radius 2 is 2.16 bits per heavy atom. The number of methoxy groups -OCH3 is 1. The van der Waals surface area contributed by atoms with Gasteiger partial charge in [-0.15, -0.1) is 0 Å². The van der Waals surface area contributed by atoms with Crippen molar-refractivity contribution in [3.05, 3.63) is 24.3 Å². The van der Waals surface area contributed by atoms with Gasteiger partial charge in [0.1, 0.15) is 5.75 Å². The highest BCUT2D eigenvalue weighted by Gasteiger charge is 2.12. The van der Waals surface area contributed by atoms with Crippen molar-refractivity contribution < 1.29 is 14.3 Å². The van der Waals surface area contributed by atoms with Gasteiger partial charge in [0.15, 0.2) is 0 Å². The number of nitrogens with zero attached hydrogens (tertiary/aromatic N) is 1. The first-order chi connectivity index (χ1) is 9.06. The number of carbonyl (C=O) groups excluding carboxylic acids is 2. The van der Waals surface area contributed by atoms with Crippen LogP contribution in [0, 0.1) is 0 Å². The molecule has 0 saturated heterocycles. The fraction of sp³-hybridized carbons (Fsp3) is 0.385. The summed E-state index contributed by atoms with van der Waals surface area (Å²) in [7, 11) is 3.18. The minimum absolute atomic E-state index is 0.0383. The van der Waals surface area contributed by atoms with Gasteiger partial charge in [0.25, 0.3) is 0 Å². The van der Waals surface area contributed by atoms with Gasteiger partial charge in [0, 0.05) is 18.8 Å². The number of amides is 2. The number of carbonyl (C=O) groups is 2. The monoisotopic (exact) mass is 282 g/mol. The first-order valence-corrected chi connectivity index (χ1v) is 7.13. The van der Waals surface area contributed by atoms with Crippen LogP contribution >= 0.6 is 11.8 Å². The van der Waals surface area contributed by atoms with Gasteiger partial charge in [-0.05, 0) is 18.4 Å². The van der Waals surface area contributed by atoms with E-state index in [4.69, 9.17) is 4.74 Å². The highest BCUT2D eigenvalue weighted by molar-refractivity contribution is 7.99. The summed E-state index contributed by atoms with van der Waals surface area (Å²) in [5.41, 5.74) is 0.648. The first-order valence-electron chi connectivity index (χ1n) is 5.73. The SMILES string of the molecule is COc1cccc(NC(=O)CN(C)C(=O)CSC)c1. The molecule has 0 heterocycles. The van der Waals surface area contributed by atoms with Gasteiger partial charge in [-0.1, -0.05) is 6.07 Å². The first kappa shape index (κ1) is 15.4. The lowest BCUT2D eigenvalue weighted by atomic mass is 10.3. The van der Waals surface area contributed by atoms with E-state index in [9.17, 15) is 9.59 Å². The Balaban J connectivity index is 2.52. The third kappa shape index (κ3) is 5.21. The summed E-state index contributed by atoms with van der Waals surface area (Å²) in [6, 6.07) is 7.08. The molecule has 0 radical (unpaired) electrons. The molecule has 0 aromatic heterocycles. The average molecular weight is 282 g/mol. The zero-order chi connectivity index (χ0) is 14.3. The van der Waals surface area contributed by atoms with E-state index in [0.717, 1.165) is 0 Å². The van der Waals surface area contributed by atoms with E-state index in [-0.39, 0.29) is 18.4 Å². The van der Waals surface area contributed by atoms with Gasteiger partial charge >= 0.3 is 0 Å². The standard InChI is InChI=1S/C13H18N2O3S/c1-15(13(17)9-19-3)8-12(16)14-10-5-4-6-11(7-10)18-2/h4-7H,8-9H2,1-3H3,(H,14,16). The van der Waals surface area contributed by atoms with Crippen LogP contribution in [-0.2, 0) is 9.59 Å². The Bertz CT molecular complexity index is 451. The maximum absolute atomic E-state index is 11.8. The number of nitrogens with one attached hydrogen (secondary N) is 1. The van der Waals surface area contributed by atoms with E-state index in [0.29, 0.717) is 17.2 Å². The molecule has 1 aromatic rings. The second kappa shape index (κ2) is 7.68. The lowest BCUT2D eigenvalue weighted by molar-refractivity contribution is -0.131. The lowest BCUT2D eigenvalue weighted by Gasteiger charge is -2.16. The van der Waals surface area contributed by atoms with E-state index in [1.165, 1.54) is 16.7 Å². The topological polar surface area (TPSA) is 58.6 Å². The second-order valence-corrected chi connectivity index (χ2v) is 4.83. The van der Waals surface area contributed by atoms with Gasteiger partial charge in [-0.25, -0.2) is 0 Å². The maximum Gasteiger partial charge on any atom is 0.243 e. The number of benzene rings is 1. The Morgan fingerprint density at radius 3 is 2.79 bits per heavy atom. The van der Waals surface area contributed by atoms with E-state index >= 15 is 0 Å². The van der Waals surface area contributed by atoms with E-state index in [1.807, 2.05) is 6.26 Å². The molecular weight excluding hydrogens is 264 g/mol. The highest BCUT2D eigenvalue weighted by atomic mass is 32.2. The molecular formula is C13H18N2O3S. The zero-order valence-electron chi connectivity index (χ0n) is 11.3. The molecule has 0 saturated carbocycles. The van der Waals surface area contributed by atoms with Crippen LogP contribution in [0.1, 0.15) is 0 Å². The number of ether oxygens (including phenoxy) is 1. The molecule has 0 bridgehead atoms. The predicted molar refractivity (Wildman–Crippen MR) is 77.6 cm³/mol. The number of rotatable bonds is 6. The molecule has 104 valence electrons.